The van der Waals surface area contributed by atoms with Crippen molar-refractivity contribution in [3.05, 3.63) is 35.9 Å². The molecule has 5 heteroatoms. The van der Waals surface area contributed by atoms with Gasteiger partial charge < -0.3 is 4.74 Å². The summed E-state index contributed by atoms with van der Waals surface area (Å²) in [7, 11) is 0. The van der Waals surface area contributed by atoms with Gasteiger partial charge in [0, 0.05) is 11.0 Å². The van der Waals surface area contributed by atoms with Crippen molar-refractivity contribution in [3.63, 3.8) is 0 Å². The monoisotopic (exact) mass is 276 g/mol. The van der Waals surface area contributed by atoms with Gasteiger partial charge in [-0.05, 0) is 19.1 Å². The third-order valence-electron chi connectivity index (χ3n) is 2.48. The highest BCUT2D eigenvalue weighted by Crippen LogP contribution is 2.17. The second-order valence-corrected chi connectivity index (χ2v) is 5.24. The number of nitrogens with zero attached hydrogens (tertiary/aromatic N) is 1. The predicted octanol–water partition coefficient (Wildman–Crippen LogP) is 2.38. The summed E-state index contributed by atoms with van der Waals surface area (Å²) >= 11 is 0. The minimum atomic E-state index is -0.520. The van der Waals surface area contributed by atoms with E-state index in [9.17, 15) is 9.59 Å². The highest BCUT2D eigenvalue weighted by Gasteiger charge is 2.27. The molecule has 0 spiro atoms. The lowest BCUT2D eigenvalue weighted by Gasteiger charge is -2.19. The minimum absolute atomic E-state index is 0.184. The average Bonchev–Trinajstić information content (AvgIpc) is 2.38. The summed E-state index contributed by atoms with van der Waals surface area (Å²) in [5, 5.41) is 3.93. The van der Waals surface area contributed by atoms with Crippen LogP contribution in [0.25, 0.3) is 0 Å². The molecule has 0 atom stereocenters. The second kappa shape index (κ2) is 6.84. The van der Waals surface area contributed by atoms with E-state index in [-0.39, 0.29) is 18.2 Å². The lowest BCUT2D eigenvalue weighted by molar-refractivity contribution is -0.135. The quantitative estimate of drug-likeness (QED) is 0.521. The number of hydrogen-bond acceptors (Lipinski definition) is 4. The van der Waals surface area contributed by atoms with E-state index in [0.717, 1.165) is 0 Å². The predicted molar refractivity (Wildman–Crippen MR) is 77.4 cm³/mol. The van der Waals surface area contributed by atoms with Crippen LogP contribution in [-0.4, -0.2) is 24.2 Å². The van der Waals surface area contributed by atoms with Gasteiger partial charge in [0.2, 0.25) is 0 Å². The first kappa shape index (κ1) is 15.9. The molecule has 108 valence electrons. The van der Waals surface area contributed by atoms with E-state index in [0.29, 0.717) is 5.56 Å². The molecule has 0 aliphatic carbocycles. The van der Waals surface area contributed by atoms with Crippen molar-refractivity contribution >= 4 is 17.6 Å². The molecule has 0 unspecified atom stereocenters. The molecule has 1 aromatic carbocycles. The largest absolute Gasteiger partial charge is 0.461 e. The Labute approximate surface area is 119 Å². The van der Waals surface area contributed by atoms with E-state index < -0.39 is 11.4 Å². The van der Waals surface area contributed by atoms with Crippen molar-refractivity contribution in [1.29, 1.82) is 0 Å². The molecule has 0 fully saturated rings. The van der Waals surface area contributed by atoms with Crippen molar-refractivity contribution in [2.45, 2.75) is 27.7 Å². The maximum atomic E-state index is 11.9. The third kappa shape index (κ3) is 4.50. The first-order chi connectivity index (χ1) is 9.36. The Balaban J connectivity index is 2.88. The summed E-state index contributed by atoms with van der Waals surface area (Å²) in [6.07, 6.45) is 0. The summed E-state index contributed by atoms with van der Waals surface area (Å²) in [6, 6.07) is 8.68. The Bertz CT molecular complexity index is 502. The maximum absolute atomic E-state index is 11.9. The lowest BCUT2D eigenvalue weighted by atomic mass is 9.90. The average molecular weight is 276 g/mol. The molecule has 1 amide bonds. The van der Waals surface area contributed by atoms with Gasteiger partial charge in [0.25, 0.3) is 5.91 Å². The van der Waals surface area contributed by atoms with Crippen LogP contribution in [0.5, 0.6) is 0 Å². The lowest BCUT2D eigenvalue weighted by Crippen LogP contribution is -2.34. The van der Waals surface area contributed by atoms with Crippen LogP contribution in [0.15, 0.2) is 35.4 Å². The SMILES string of the molecule is CCOC(=O)/C(=N/NC(=O)c1ccccc1)C(C)(C)C. The van der Waals surface area contributed by atoms with Gasteiger partial charge >= 0.3 is 5.97 Å². The summed E-state index contributed by atoms with van der Waals surface area (Å²) in [6.45, 7) is 7.48. The van der Waals surface area contributed by atoms with E-state index in [1.807, 2.05) is 26.8 Å². The molecular formula is C15H20N2O3. The summed E-state index contributed by atoms with van der Waals surface area (Å²) in [5.41, 5.74) is 2.54. The van der Waals surface area contributed by atoms with E-state index in [1.54, 1.807) is 31.2 Å². The fourth-order valence-corrected chi connectivity index (χ4v) is 1.48. The first-order valence-electron chi connectivity index (χ1n) is 6.47. The number of hydrazone groups is 1. The van der Waals surface area contributed by atoms with Gasteiger partial charge in [-0.15, -0.1) is 0 Å². The number of carbonyl (C=O) groups excluding carboxylic acids is 2. The summed E-state index contributed by atoms with van der Waals surface area (Å²) in [4.78, 5) is 23.7. The van der Waals surface area contributed by atoms with Crippen LogP contribution in [0, 0.1) is 5.41 Å². The fraction of sp³-hybridized carbons (Fsp3) is 0.400. The van der Waals surface area contributed by atoms with Crippen LogP contribution >= 0.6 is 0 Å². The van der Waals surface area contributed by atoms with Crippen LogP contribution in [0.3, 0.4) is 0 Å². The molecule has 0 radical (unpaired) electrons. The molecule has 0 saturated heterocycles. The topological polar surface area (TPSA) is 67.8 Å². The Morgan fingerprint density at radius 2 is 1.80 bits per heavy atom. The number of amides is 1. The van der Waals surface area contributed by atoms with Gasteiger partial charge in [-0.25, -0.2) is 10.2 Å². The molecule has 0 bridgehead atoms. The zero-order chi connectivity index (χ0) is 15.2. The number of rotatable bonds is 4. The summed E-state index contributed by atoms with van der Waals surface area (Å²) < 4.78 is 4.95. The Morgan fingerprint density at radius 1 is 1.20 bits per heavy atom. The molecule has 0 aliphatic heterocycles. The number of carbonyl (C=O) groups is 2. The highest BCUT2D eigenvalue weighted by atomic mass is 16.5. The van der Waals surface area contributed by atoms with Gasteiger partial charge in [0.05, 0.1) is 6.61 Å². The smallest absolute Gasteiger partial charge is 0.355 e. The molecule has 0 aliphatic rings. The number of benzene rings is 1. The van der Waals surface area contributed by atoms with Crippen LogP contribution in [0.4, 0.5) is 0 Å². The van der Waals surface area contributed by atoms with Gasteiger partial charge in [0.1, 0.15) is 0 Å². The summed E-state index contributed by atoms with van der Waals surface area (Å²) in [5.74, 6) is -0.884. The van der Waals surface area contributed by atoms with Crippen LogP contribution in [0.1, 0.15) is 38.1 Å². The van der Waals surface area contributed by atoms with E-state index in [4.69, 9.17) is 4.74 Å². The number of ether oxygens (including phenoxy) is 1. The first-order valence-corrected chi connectivity index (χ1v) is 6.47. The van der Waals surface area contributed by atoms with Crippen molar-refractivity contribution in [2.75, 3.05) is 6.61 Å². The van der Waals surface area contributed by atoms with Gasteiger partial charge in [-0.3, -0.25) is 4.79 Å². The molecule has 0 heterocycles. The minimum Gasteiger partial charge on any atom is -0.461 e. The van der Waals surface area contributed by atoms with E-state index in [1.165, 1.54) is 0 Å². The van der Waals surface area contributed by atoms with Crippen LogP contribution in [0.2, 0.25) is 0 Å². The Hall–Kier alpha value is -2.17. The molecule has 5 nitrogen and oxygen atoms in total. The molecular weight excluding hydrogens is 256 g/mol. The molecule has 1 aromatic rings. The number of nitrogens with one attached hydrogen (secondary N) is 1. The molecule has 1 rings (SSSR count). The second-order valence-electron chi connectivity index (χ2n) is 5.24. The zero-order valence-electron chi connectivity index (χ0n) is 12.3. The Kier molecular flexibility index (Phi) is 5.43. The molecule has 0 aromatic heterocycles. The molecule has 1 N–H and O–H groups in total. The molecule has 20 heavy (non-hydrogen) atoms. The van der Waals surface area contributed by atoms with Gasteiger partial charge in [-0.1, -0.05) is 39.0 Å². The van der Waals surface area contributed by atoms with Gasteiger partial charge in [0.15, 0.2) is 5.71 Å². The van der Waals surface area contributed by atoms with Crippen LogP contribution < -0.4 is 5.43 Å². The molecule has 0 saturated carbocycles. The maximum Gasteiger partial charge on any atom is 0.355 e. The number of hydrogen-bond donors (Lipinski definition) is 1. The van der Waals surface area contributed by atoms with Crippen LogP contribution in [-0.2, 0) is 9.53 Å². The van der Waals surface area contributed by atoms with Crippen molar-refractivity contribution in [2.24, 2.45) is 10.5 Å². The standard InChI is InChI=1S/C15H20N2O3/c1-5-20-14(19)12(15(2,3)4)16-17-13(18)11-9-7-6-8-10-11/h6-10H,5H2,1-4H3,(H,17,18)/b16-12-. The normalized spacial score (nSPS) is 11.9. The fourth-order valence-electron chi connectivity index (χ4n) is 1.48. The van der Waals surface area contributed by atoms with Crippen molar-refractivity contribution in [1.82, 2.24) is 5.43 Å². The van der Waals surface area contributed by atoms with E-state index in [2.05, 4.69) is 10.5 Å². The van der Waals surface area contributed by atoms with Gasteiger partial charge in [-0.2, -0.15) is 5.10 Å². The third-order valence-corrected chi connectivity index (χ3v) is 2.48. The zero-order valence-corrected chi connectivity index (χ0v) is 12.3. The van der Waals surface area contributed by atoms with Crippen molar-refractivity contribution < 1.29 is 14.3 Å². The number of esters is 1. The highest BCUT2D eigenvalue weighted by molar-refractivity contribution is 6.38. The van der Waals surface area contributed by atoms with E-state index >= 15 is 0 Å². The Morgan fingerprint density at radius 3 is 2.30 bits per heavy atom. The van der Waals surface area contributed by atoms with Crippen molar-refractivity contribution in [3.8, 4) is 0 Å².